The first kappa shape index (κ1) is 14.9. The summed E-state index contributed by atoms with van der Waals surface area (Å²) >= 11 is 0. The molecule has 1 aromatic heterocycles. The average molecular weight is 303 g/mol. The topological polar surface area (TPSA) is 54.4 Å². The number of aryl methyl sites for hydroxylation is 2. The number of pyridine rings is 1. The number of hydrazone groups is 1. The summed E-state index contributed by atoms with van der Waals surface area (Å²) in [5, 5.41) is 4.89. The van der Waals surface area contributed by atoms with E-state index in [1.165, 1.54) is 0 Å². The SMILES string of the molecule is Cc1cc(C(=O)N/N=C\c2ccccc2C)c2ccccc2n1. The molecule has 1 N–H and O–H groups in total. The Balaban J connectivity index is 1.86. The highest BCUT2D eigenvalue weighted by molar-refractivity contribution is 6.06. The molecule has 23 heavy (non-hydrogen) atoms. The first-order valence-electron chi connectivity index (χ1n) is 7.40. The minimum atomic E-state index is -0.239. The number of para-hydroxylation sites is 1. The molecule has 3 rings (SSSR count). The second-order valence-corrected chi connectivity index (χ2v) is 5.38. The van der Waals surface area contributed by atoms with Crippen LogP contribution in [0.1, 0.15) is 27.2 Å². The third kappa shape index (κ3) is 3.26. The molecule has 3 aromatic rings. The average Bonchev–Trinajstić information content (AvgIpc) is 2.55. The second-order valence-electron chi connectivity index (χ2n) is 5.38. The number of aromatic nitrogens is 1. The van der Waals surface area contributed by atoms with E-state index >= 15 is 0 Å². The lowest BCUT2D eigenvalue weighted by molar-refractivity contribution is 0.0956. The largest absolute Gasteiger partial charge is 0.272 e. The zero-order chi connectivity index (χ0) is 16.2. The Kier molecular flexibility index (Phi) is 4.15. The van der Waals surface area contributed by atoms with Crippen molar-refractivity contribution < 1.29 is 4.79 Å². The van der Waals surface area contributed by atoms with Crippen LogP contribution < -0.4 is 5.43 Å². The molecule has 0 aliphatic rings. The fourth-order valence-corrected chi connectivity index (χ4v) is 2.45. The third-order valence-electron chi connectivity index (χ3n) is 3.65. The van der Waals surface area contributed by atoms with Crippen molar-refractivity contribution in [2.45, 2.75) is 13.8 Å². The van der Waals surface area contributed by atoms with Crippen LogP contribution in [-0.2, 0) is 0 Å². The second kappa shape index (κ2) is 6.40. The first-order valence-corrected chi connectivity index (χ1v) is 7.40. The third-order valence-corrected chi connectivity index (χ3v) is 3.65. The summed E-state index contributed by atoms with van der Waals surface area (Å²) in [6, 6.07) is 17.2. The monoisotopic (exact) mass is 303 g/mol. The molecule has 2 aromatic carbocycles. The number of hydrogen-bond acceptors (Lipinski definition) is 3. The van der Waals surface area contributed by atoms with Crippen molar-refractivity contribution in [3.63, 3.8) is 0 Å². The first-order chi connectivity index (χ1) is 11.1. The molecule has 0 aliphatic carbocycles. The van der Waals surface area contributed by atoms with Gasteiger partial charge in [-0.15, -0.1) is 0 Å². The molecule has 1 heterocycles. The predicted molar refractivity (Wildman–Crippen MR) is 92.7 cm³/mol. The number of amides is 1. The molecule has 0 unspecified atom stereocenters. The van der Waals surface area contributed by atoms with Gasteiger partial charge in [0.1, 0.15) is 0 Å². The maximum Gasteiger partial charge on any atom is 0.272 e. The minimum absolute atomic E-state index is 0.239. The molecular formula is C19H17N3O. The number of benzene rings is 2. The van der Waals surface area contributed by atoms with Crippen LogP contribution in [0.15, 0.2) is 59.7 Å². The van der Waals surface area contributed by atoms with E-state index in [9.17, 15) is 4.79 Å². The fourth-order valence-electron chi connectivity index (χ4n) is 2.45. The van der Waals surface area contributed by atoms with Gasteiger partial charge in [-0.1, -0.05) is 42.5 Å². The molecule has 4 nitrogen and oxygen atoms in total. The van der Waals surface area contributed by atoms with E-state index in [0.717, 1.165) is 27.7 Å². The number of nitrogens with one attached hydrogen (secondary N) is 1. The van der Waals surface area contributed by atoms with Gasteiger partial charge in [-0.05, 0) is 37.1 Å². The number of carbonyl (C=O) groups excluding carboxylic acids is 1. The number of hydrogen-bond donors (Lipinski definition) is 1. The molecular weight excluding hydrogens is 286 g/mol. The Hall–Kier alpha value is -3.01. The smallest absolute Gasteiger partial charge is 0.267 e. The normalized spacial score (nSPS) is 11.0. The zero-order valence-electron chi connectivity index (χ0n) is 13.1. The van der Waals surface area contributed by atoms with Crippen LogP contribution in [0.5, 0.6) is 0 Å². The van der Waals surface area contributed by atoms with Gasteiger partial charge in [0, 0.05) is 11.1 Å². The Morgan fingerprint density at radius 3 is 2.65 bits per heavy atom. The van der Waals surface area contributed by atoms with E-state index in [2.05, 4.69) is 15.5 Å². The highest BCUT2D eigenvalue weighted by atomic mass is 16.2. The van der Waals surface area contributed by atoms with E-state index < -0.39 is 0 Å². The van der Waals surface area contributed by atoms with Gasteiger partial charge in [0.15, 0.2) is 0 Å². The summed E-state index contributed by atoms with van der Waals surface area (Å²) in [5.41, 5.74) is 6.87. The Bertz CT molecular complexity index is 900. The van der Waals surface area contributed by atoms with Crippen molar-refractivity contribution in [1.29, 1.82) is 0 Å². The molecule has 0 atom stereocenters. The van der Waals surface area contributed by atoms with E-state index in [-0.39, 0.29) is 5.91 Å². The Labute approximate surface area is 134 Å². The van der Waals surface area contributed by atoms with E-state index in [0.29, 0.717) is 5.56 Å². The number of nitrogens with zero attached hydrogens (tertiary/aromatic N) is 2. The molecule has 0 bridgehead atoms. The lowest BCUT2D eigenvalue weighted by Gasteiger charge is -2.06. The van der Waals surface area contributed by atoms with Crippen molar-refractivity contribution >= 4 is 23.0 Å². The maximum atomic E-state index is 12.4. The molecule has 4 heteroatoms. The highest BCUT2D eigenvalue weighted by Crippen LogP contribution is 2.18. The number of carbonyl (C=O) groups is 1. The standard InChI is InChI=1S/C19H17N3O/c1-13-7-3-4-8-15(13)12-20-22-19(23)17-11-14(2)21-18-10-6-5-9-16(17)18/h3-12H,1-2H3,(H,22,23)/b20-12-. The van der Waals surface area contributed by atoms with Gasteiger partial charge < -0.3 is 0 Å². The van der Waals surface area contributed by atoms with Gasteiger partial charge in [-0.25, -0.2) is 5.43 Å². The molecule has 114 valence electrons. The Morgan fingerprint density at radius 1 is 1.09 bits per heavy atom. The maximum absolute atomic E-state index is 12.4. The lowest BCUT2D eigenvalue weighted by Crippen LogP contribution is -2.18. The molecule has 1 amide bonds. The zero-order valence-corrected chi connectivity index (χ0v) is 13.1. The predicted octanol–water partition coefficient (Wildman–Crippen LogP) is 3.62. The lowest BCUT2D eigenvalue weighted by atomic mass is 10.1. The number of fused-ring (bicyclic) bond motifs is 1. The summed E-state index contributed by atoms with van der Waals surface area (Å²) in [6.07, 6.45) is 1.66. The molecule has 0 saturated carbocycles. The minimum Gasteiger partial charge on any atom is -0.267 e. The van der Waals surface area contributed by atoms with Crippen LogP contribution in [0.4, 0.5) is 0 Å². The van der Waals surface area contributed by atoms with Crippen LogP contribution >= 0.6 is 0 Å². The Morgan fingerprint density at radius 2 is 1.83 bits per heavy atom. The van der Waals surface area contributed by atoms with Crippen LogP contribution in [-0.4, -0.2) is 17.1 Å². The van der Waals surface area contributed by atoms with Crippen molar-refractivity contribution in [2.24, 2.45) is 5.10 Å². The van der Waals surface area contributed by atoms with Gasteiger partial charge >= 0.3 is 0 Å². The van der Waals surface area contributed by atoms with E-state index in [1.54, 1.807) is 12.3 Å². The van der Waals surface area contributed by atoms with Crippen LogP contribution in [0.2, 0.25) is 0 Å². The summed E-state index contributed by atoms with van der Waals surface area (Å²) in [4.78, 5) is 16.9. The summed E-state index contributed by atoms with van der Waals surface area (Å²) in [6.45, 7) is 3.88. The summed E-state index contributed by atoms with van der Waals surface area (Å²) < 4.78 is 0. The van der Waals surface area contributed by atoms with E-state index in [4.69, 9.17) is 0 Å². The van der Waals surface area contributed by atoms with Gasteiger partial charge in [0.2, 0.25) is 0 Å². The summed E-state index contributed by atoms with van der Waals surface area (Å²) in [7, 11) is 0. The highest BCUT2D eigenvalue weighted by Gasteiger charge is 2.10. The van der Waals surface area contributed by atoms with Gasteiger partial charge in [-0.2, -0.15) is 5.10 Å². The van der Waals surface area contributed by atoms with E-state index in [1.807, 2.05) is 62.4 Å². The van der Waals surface area contributed by atoms with Crippen LogP contribution in [0, 0.1) is 13.8 Å². The van der Waals surface area contributed by atoms with Crippen LogP contribution in [0.25, 0.3) is 10.9 Å². The molecule has 0 saturated heterocycles. The van der Waals surface area contributed by atoms with Crippen molar-refractivity contribution in [2.75, 3.05) is 0 Å². The molecule has 0 radical (unpaired) electrons. The van der Waals surface area contributed by atoms with Gasteiger partial charge in [0.05, 0.1) is 17.3 Å². The quantitative estimate of drug-likeness (QED) is 0.593. The van der Waals surface area contributed by atoms with Crippen molar-refractivity contribution in [3.8, 4) is 0 Å². The van der Waals surface area contributed by atoms with Crippen LogP contribution in [0.3, 0.4) is 0 Å². The van der Waals surface area contributed by atoms with Crippen molar-refractivity contribution in [3.05, 3.63) is 77.0 Å². The molecule has 0 aliphatic heterocycles. The fraction of sp³-hybridized carbons (Fsp3) is 0.105. The van der Waals surface area contributed by atoms with Gasteiger partial charge in [-0.3, -0.25) is 9.78 Å². The molecule has 0 fully saturated rings. The van der Waals surface area contributed by atoms with Gasteiger partial charge in [0.25, 0.3) is 5.91 Å². The van der Waals surface area contributed by atoms with Crippen molar-refractivity contribution in [1.82, 2.24) is 10.4 Å². The summed E-state index contributed by atoms with van der Waals surface area (Å²) in [5.74, 6) is -0.239. The molecule has 0 spiro atoms. The number of rotatable bonds is 3.